The van der Waals surface area contributed by atoms with Gasteiger partial charge < -0.3 is 9.74 Å². The number of likely N-dealkylation sites (tertiary alicyclic amines) is 1. The molecule has 1 saturated heterocycles. The van der Waals surface area contributed by atoms with Gasteiger partial charge in [-0.15, -0.1) is 0 Å². The van der Waals surface area contributed by atoms with E-state index in [-0.39, 0.29) is 18.9 Å². The molecule has 0 bridgehead atoms. The molecular formula is C10H18N2O2. The number of nitrogens with zero attached hydrogens (tertiary/aromatic N) is 2. The topological polar surface area (TPSA) is 41.9 Å². The summed E-state index contributed by atoms with van der Waals surface area (Å²) in [5.41, 5.74) is -0.166. The quantitative estimate of drug-likeness (QED) is 0.590. The average molecular weight is 198 g/mol. The van der Waals surface area contributed by atoms with Crippen LogP contribution in [0, 0.1) is 0 Å². The molecule has 0 aromatic heterocycles. The Labute approximate surface area is 84.9 Å². The van der Waals surface area contributed by atoms with Crippen molar-refractivity contribution in [3.05, 3.63) is 0 Å². The lowest BCUT2D eigenvalue weighted by molar-refractivity contribution is -0.129. The zero-order valence-electron chi connectivity index (χ0n) is 7.82. The maximum absolute atomic E-state index is 11.4. The first-order valence-electron chi connectivity index (χ1n) is 4.66. The molecule has 0 saturated carbocycles. The lowest BCUT2D eigenvalue weighted by Gasteiger charge is -2.23. The molecule has 2 heterocycles. The lowest BCUT2D eigenvalue weighted by atomic mass is 9.92. The van der Waals surface area contributed by atoms with Crippen molar-refractivity contribution in [2.45, 2.75) is 38.7 Å². The monoisotopic (exact) mass is 198 g/mol. The van der Waals surface area contributed by atoms with E-state index in [2.05, 4.69) is 5.16 Å². The third kappa shape index (κ3) is 1.89. The highest BCUT2D eigenvalue weighted by Crippen LogP contribution is 2.32. The van der Waals surface area contributed by atoms with Crippen LogP contribution in [-0.2, 0) is 9.63 Å². The largest absolute Gasteiger partial charge is 0.389 e. The van der Waals surface area contributed by atoms with E-state index < -0.39 is 0 Å². The summed E-state index contributed by atoms with van der Waals surface area (Å²) >= 11 is 0. The van der Waals surface area contributed by atoms with Gasteiger partial charge in [0.25, 0.3) is 0 Å². The zero-order chi connectivity index (χ0) is 9.31. The highest BCUT2D eigenvalue weighted by Gasteiger charge is 2.38. The molecule has 2 aliphatic heterocycles. The van der Waals surface area contributed by atoms with Crippen LogP contribution >= 0.6 is 0 Å². The van der Waals surface area contributed by atoms with Gasteiger partial charge in [0.05, 0.1) is 0 Å². The SMILES string of the molecule is C.CN1CCC2(CC=NO2)CCC1=O. The third-order valence-corrected chi connectivity index (χ3v) is 2.91. The summed E-state index contributed by atoms with van der Waals surface area (Å²) in [5.74, 6) is 0.215. The van der Waals surface area contributed by atoms with Gasteiger partial charge in [0.1, 0.15) is 5.60 Å². The predicted octanol–water partition coefficient (Wildman–Crippen LogP) is 1.41. The molecule has 4 heteroatoms. The minimum absolute atomic E-state index is 0. The molecule has 80 valence electrons. The minimum Gasteiger partial charge on any atom is -0.389 e. The van der Waals surface area contributed by atoms with E-state index in [0.717, 1.165) is 25.8 Å². The molecule has 0 aliphatic carbocycles. The molecule has 1 spiro atoms. The van der Waals surface area contributed by atoms with E-state index in [9.17, 15) is 4.79 Å². The maximum atomic E-state index is 11.4. The van der Waals surface area contributed by atoms with E-state index in [1.54, 1.807) is 11.1 Å². The van der Waals surface area contributed by atoms with Crippen molar-refractivity contribution in [1.82, 2.24) is 4.90 Å². The second-order valence-corrected chi connectivity index (χ2v) is 3.83. The molecule has 14 heavy (non-hydrogen) atoms. The summed E-state index contributed by atoms with van der Waals surface area (Å²) in [6, 6.07) is 0. The van der Waals surface area contributed by atoms with Crippen LogP contribution in [0.2, 0.25) is 0 Å². The number of rotatable bonds is 0. The summed E-state index contributed by atoms with van der Waals surface area (Å²) in [7, 11) is 1.84. The van der Waals surface area contributed by atoms with Crippen LogP contribution in [0.1, 0.15) is 33.1 Å². The van der Waals surface area contributed by atoms with Gasteiger partial charge in [0, 0.05) is 39.1 Å². The fraction of sp³-hybridized carbons (Fsp3) is 0.800. The summed E-state index contributed by atoms with van der Waals surface area (Å²) in [4.78, 5) is 18.5. The number of amides is 1. The van der Waals surface area contributed by atoms with E-state index in [1.165, 1.54) is 0 Å². The van der Waals surface area contributed by atoms with Gasteiger partial charge in [0.2, 0.25) is 5.91 Å². The fourth-order valence-corrected chi connectivity index (χ4v) is 1.83. The molecule has 1 amide bonds. The van der Waals surface area contributed by atoms with E-state index in [4.69, 9.17) is 4.84 Å². The van der Waals surface area contributed by atoms with Crippen LogP contribution in [0.15, 0.2) is 5.16 Å². The predicted molar refractivity (Wildman–Crippen MR) is 55.1 cm³/mol. The van der Waals surface area contributed by atoms with Crippen molar-refractivity contribution in [3.8, 4) is 0 Å². The van der Waals surface area contributed by atoms with Gasteiger partial charge in [-0.05, 0) is 6.42 Å². The highest BCUT2D eigenvalue weighted by molar-refractivity contribution is 5.76. The number of hydrogen-bond acceptors (Lipinski definition) is 3. The van der Waals surface area contributed by atoms with Crippen LogP contribution in [0.25, 0.3) is 0 Å². The Hall–Kier alpha value is -1.06. The molecule has 1 atom stereocenters. The molecule has 0 aromatic carbocycles. The molecule has 2 rings (SSSR count). The molecule has 1 unspecified atom stereocenters. The van der Waals surface area contributed by atoms with Crippen LogP contribution in [0.4, 0.5) is 0 Å². The van der Waals surface area contributed by atoms with Crippen molar-refractivity contribution >= 4 is 12.1 Å². The number of carbonyl (C=O) groups excluding carboxylic acids is 1. The summed E-state index contributed by atoms with van der Waals surface area (Å²) < 4.78 is 0. The van der Waals surface area contributed by atoms with Crippen molar-refractivity contribution in [3.63, 3.8) is 0 Å². The summed E-state index contributed by atoms with van der Waals surface area (Å²) in [6.45, 7) is 0.780. The maximum Gasteiger partial charge on any atom is 0.222 e. The van der Waals surface area contributed by atoms with Crippen molar-refractivity contribution in [2.24, 2.45) is 5.16 Å². The van der Waals surface area contributed by atoms with Crippen LogP contribution in [-0.4, -0.2) is 36.2 Å². The molecule has 0 aromatic rings. The molecule has 4 nitrogen and oxygen atoms in total. The average Bonchev–Trinajstić information content (AvgIpc) is 2.54. The van der Waals surface area contributed by atoms with Crippen molar-refractivity contribution in [2.75, 3.05) is 13.6 Å². The standard InChI is InChI=1S/C9H14N2O2.CH4/c1-11-7-5-9(3-2-8(11)12)4-6-10-13-9;/h6H,2-5,7H2,1H3;1H4. The van der Waals surface area contributed by atoms with Gasteiger partial charge in [-0.2, -0.15) is 0 Å². The second kappa shape index (κ2) is 3.98. The minimum atomic E-state index is -0.166. The second-order valence-electron chi connectivity index (χ2n) is 3.83. The summed E-state index contributed by atoms with van der Waals surface area (Å²) in [6.07, 6.45) is 4.94. The van der Waals surface area contributed by atoms with E-state index >= 15 is 0 Å². The normalized spacial score (nSPS) is 31.2. The number of hydrogen-bond donors (Lipinski definition) is 0. The molecule has 0 N–H and O–H groups in total. The highest BCUT2D eigenvalue weighted by atomic mass is 16.7. The van der Waals surface area contributed by atoms with Gasteiger partial charge in [-0.3, -0.25) is 4.79 Å². The Kier molecular flexibility index (Phi) is 3.13. The van der Waals surface area contributed by atoms with Gasteiger partial charge >= 0.3 is 0 Å². The van der Waals surface area contributed by atoms with Crippen LogP contribution < -0.4 is 0 Å². The Morgan fingerprint density at radius 3 is 3.00 bits per heavy atom. The van der Waals surface area contributed by atoms with Gasteiger partial charge in [0.15, 0.2) is 0 Å². The molecule has 0 radical (unpaired) electrons. The third-order valence-electron chi connectivity index (χ3n) is 2.91. The Balaban J connectivity index is 0.000000980. The molecular weight excluding hydrogens is 180 g/mol. The number of carbonyl (C=O) groups is 1. The smallest absolute Gasteiger partial charge is 0.222 e. The lowest BCUT2D eigenvalue weighted by Crippen LogP contribution is -2.30. The molecule has 2 aliphatic rings. The summed E-state index contributed by atoms with van der Waals surface area (Å²) in [5, 5.41) is 3.80. The first-order valence-corrected chi connectivity index (χ1v) is 4.66. The Bertz CT molecular complexity index is 243. The van der Waals surface area contributed by atoms with Crippen LogP contribution in [0.3, 0.4) is 0 Å². The van der Waals surface area contributed by atoms with Gasteiger partial charge in [-0.1, -0.05) is 12.6 Å². The first-order chi connectivity index (χ1) is 6.22. The van der Waals surface area contributed by atoms with Crippen molar-refractivity contribution < 1.29 is 9.63 Å². The zero-order valence-corrected chi connectivity index (χ0v) is 7.82. The first kappa shape index (κ1) is 11.0. The number of oxime groups is 1. The van der Waals surface area contributed by atoms with E-state index in [0.29, 0.717) is 6.42 Å². The van der Waals surface area contributed by atoms with Gasteiger partial charge in [-0.25, -0.2) is 0 Å². The van der Waals surface area contributed by atoms with E-state index in [1.807, 2.05) is 7.05 Å². The van der Waals surface area contributed by atoms with Crippen molar-refractivity contribution in [1.29, 1.82) is 0 Å². The Morgan fingerprint density at radius 2 is 2.36 bits per heavy atom. The molecule has 1 fully saturated rings. The van der Waals surface area contributed by atoms with Crippen LogP contribution in [0.5, 0.6) is 0 Å². The fourth-order valence-electron chi connectivity index (χ4n) is 1.83. The Morgan fingerprint density at radius 1 is 1.57 bits per heavy atom.